The van der Waals surface area contributed by atoms with Crippen molar-refractivity contribution in [2.75, 3.05) is 19.3 Å². The molecule has 1 aromatic rings. The van der Waals surface area contributed by atoms with Crippen molar-refractivity contribution in [3.8, 4) is 0 Å². The van der Waals surface area contributed by atoms with Crippen LogP contribution in [0, 0.1) is 0 Å². The summed E-state index contributed by atoms with van der Waals surface area (Å²) < 4.78 is 0. The molecule has 1 aliphatic heterocycles. The third-order valence-corrected chi connectivity index (χ3v) is 4.45. The number of benzene rings is 1. The van der Waals surface area contributed by atoms with Gasteiger partial charge in [-0.3, -0.25) is 0 Å². The molecule has 1 aromatic carbocycles. The Morgan fingerprint density at radius 2 is 2.00 bits per heavy atom. The van der Waals surface area contributed by atoms with Crippen LogP contribution in [0.4, 0.5) is 0 Å². The summed E-state index contributed by atoms with van der Waals surface area (Å²) in [6.45, 7) is 3.54. The lowest BCUT2D eigenvalue weighted by atomic mass is 10.1. The van der Waals surface area contributed by atoms with Crippen molar-refractivity contribution in [1.29, 1.82) is 0 Å². The summed E-state index contributed by atoms with van der Waals surface area (Å²) in [7, 11) is 2.22. The van der Waals surface area contributed by atoms with Crippen LogP contribution in [0.1, 0.15) is 17.7 Å². The second kappa shape index (κ2) is 4.37. The SMILES string of the molecule is C[C@@H]1[C@H](c2ccccc2)SCCN1C. The third-order valence-electron chi connectivity index (χ3n) is 3.00. The van der Waals surface area contributed by atoms with Gasteiger partial charge in [0, 0.05) is 23.6 Å². The van der Waals surface area contributed by atoms with Crippen molar-refractivity contribution in [2.45, 2.75) is 18.2 Å². The Balaban J connectivity index is 2.17. The first-order valence-electron chi connectivity index (χ1n) is 5.16. The minimum absolute atomic E-state index is 0.648. The van der Waals surface area contributed by atoms with E-state index in [1.165, 1.54) is 17.9 Å². The van der Waals surface area contributed by atoms with Gasteiger partial charge in [-0.15, -0.1) is 0 Å². The van der Waals surface area contributed by atoms with Crippen molar-refractivity contribution in [3.05, 3.63) is 35.9 Å². The molecular formula is C12H17NS. The maximum absolute atomic E-state index is 2.45. The Bertz CT molecular complexity index is 286. The van der Waals surface area contributed by atoms with Crippen molar-refractivity contribution in [3.63, 3.8) is 0 Å². The van der Waals surface area contributed by atoms with Gasteiger partial charge in [0.25, 0.3) is 0 Å². The first-order valence-corrected chi connectivity index (χ1v) is 6.20. The van der Waals surface area contributed by atoms with E-state index in [0.29, 0.717) is 11.3 Å². The number of nitrogens with zero attached hydrogens (tertiary/aromatic N) is 1. The average Bonchev–Trinajstić information content (AvgIpc) is 2.23. The number of hydrogen-bond donors (Lipinski definition) is 0. The van der Waals surface area contributed by atoms with Gasteiger partial charge in [0.1, 0.15) is 0 Å². The minimum atomic E-state index is 0.648. The maximum atomic E-state index is 2.45. The Morgan fingerprint density at radius 3 is 2.71 bits per heavy atom. The van der Waals surface area contributed by atoms with Crippen LogP contribution in [0.2, 0.25) is 0 Å². The molecule has 0 unspecified atom stereocenters. The summed E-state index contributed by atoms with van der Waals surface area (Å²) in [5, 5.41) is 0.648. The molecule has 0 saturated carbocycles. The van der Waals surface area contributed by atoms with Gasteiger partial charge in [-0.2, -0.15) is 11.8 Å². The van der Waals surface area contributed by atoms with E-state index < -0.39 is 0 Å². The molecule has 1 heterocycles. The van der Waals surface area contributed by atoms with E-state index in [9.17, 15) is 0 Å². The molecule has 76 valence electrons. The van der Waals surface area contributed by atoms with Gasteiger partial charge in [0.15, 0.2) is 0 Å². The van der Waals surface area contributed by atoms with E-state index in [0.717, 1.165) is 0 Å². The Kier molecular flexibility index (Phi) is 3.14. The molecule has 2 atom stereocenters. The van der Waals surface area contributed by atoms with Crippen molar-refractivity contribution in [1.82, 2.24) is 4.90 Å². The fourth-order valence-electron chi connectivity index (χ4n) is 1.92. The van der Waals surface area contributed by atoms with Crippen LogP contribution < -0.4 is 0 Å². The van der Waals surface area contributed by atoms with Crippen LogP contribution in [0.3, 0.4) is 0 Å². The molecule has 0 spiro atoms. The van der Waals surface area contributed by atoms with Crippen LogP contribution >= 0.6 is 11.8 Å². The Labute approximate surface area is 90.5 Å². The van der Waals surface area contributed by atoms with Gasteiger partial charge in [0.2, 0.25) is 0 Å². The molecule has 1 saturated heterocycles. The molecule has 0 radical (unpaired) electrons. The normalized spacial score (nSPS) is 29.0. The summed E-state index contributed by atoms with van der Waals surface area (Å²) in [5.74, 6) is 1.25. The molecule has 0 N–H and O–H groups in total. The number of thioether (sulfide) groups is 1. The van der Waals surface area contributed by atoms with Gasteiger partial charge in [-0.1, -0.05) is 30.3 Å². The maximum Gasteiger partial charge on any atom is 0.0450 e. The van der Waals surface area contributed by atoms with Gasteiger partial charge in [0.05, 0.1) is 0 Å². The molecule has 2 heteroatoms. The quantitative estimate of drug-likeness (QED) is 0.696. The van der Waals surface area contributed by atoms with Crippen LogP contribution in [0.5, 0.6) is 0 Å². The van der Waals surface area contributed by atoms with Crippen LogP contribution in [0.25, 0.3) is 0 Å². The zero-order valence-corrected chi connectivity index (χ0v) is 9.63. The summed E-state index contributed by atoms with van der Waals surface area (Å²) in [6.07, 6.45) is 0. The lowest BCUT2D eigenvalue weighted by Crippen LogP contribution is -2.38. The second-order valence-electron chi connectivity index (χ2n) is 3.92. The highest BCUT2D eigenvalue weighted by Crippen LogP contribution is 2.37. The fourth-order valence-corrected chi connectivity index (χ4v) is 3.40. The second-order valence-corrected chi connectivity index (χ2v) is 5.17. The van der Waals surface area contributed by atoms with Gasteiger partial charge >= 0.3 is 0 Å². The molecule has 2 rings (SSSR count). The smallest absolute Gasteiger partial charge is 0.0450 e. The lowest BCUT2D eigenvalue weighted by molar-refractivity contribution is 0.259. The minimum Gasteiger partial charge on any atom is -0.301 e. The van der Waals surface area contributed by atoms with Crippen LogP contribution in [-0.2, 0) is 0 Å². The van der Waals surface area contributed by atoms with E-state index in [4.69, 9.17) is 0 Å². The van der Waals surface area contributed by atoms with E-state index in [2.05, 4.69) is 61.0 Å². The zero-order valence-electron chi connectivity index (χ0n) is 8.81. The molecule has 14 heavy (non-hydrogen) atoms. The molecule has 1 nitrogen and oxygen atoms in total. The fraction of sp³-hybridized carbons (Fsp3) is 0.500. The summed E-state index contributed by atoms with van der Waals surface area (Å²) in [6, 6.07) is 11.5. The van der Waals surface area contributed by atoms with Crippen LogP contribution in [0.15, 0.2) is 30.3 Å². The number of likely N-dealkylation sites (N-methyl/N-ethyl adjacent to an activating group) is 1. The van der Waals surface area contributed by atoms with Crippen molar-refractivity contribution >= 4 is 11.8 Å². The van der Waals surface area contributed by atoms with E-state index >= 15 is 0 Å². The largest absolute Gasteiger partial charge is 0.301 e. The molecule has 1 aliphatic rings. The van der Waals surface area contributed by atoms with Gasteiger partial charge in [-0.05, 0) is 19.5 Å². The molecular weight excluding hydrogens is 190 g/mol. The third kappa shape index (κ3) is 1.96. The number of rotatable bonds is 1. The summed E-state index contributed by atoms with van der Waals surface area (Å²) in [5.41, 5.74) is 1.47. The topological polar surface area (TPSA) is 3.24 Å². The van der Waals surface area contributed by atoms with Crippen molar-refractivity contribution < 1.29 is 0 Å². The average molecular weight is 207 g/mol. The molecule has 0 aliphatic carbocycles. The first-order chi connectivity index (χ1) is 6.79. The Hall–Kier alpha value is -0.470. The first kappa shape index (κ1) is 10.1. The van der Waals surface area contributed by atoms with Crippen molar-refractivity contribution in [2.24, 2.45) is 0 Å². The molecule has 0 aromatic heterocycles. The van der Waals surface area contributed by atoms with E-state index in [-0.39, 0.29) is 0 Å². The predicted molar refractivity (Wildman–Crippen MR) is 63.7 cm³/mol. The lowest BCUT2D eigenvalue weighted by Gasteiger charge is -2.36. The van der Waals surface area contributed by atoms with Crippen LogP contribution in [-0.4, -0.2) is 30.3 Å². The summed E-state index contributed by atoms with van der Waals surface area (Å²) in [4.78, 5) is 2.45. The molecule has 1 fully saturated rings. The molecule has 0 bridgehead atoms. The highest BCUT2D eigenvalue weighted by Gasteiger charge is 2.26. The zero-order chi connectivity index (χ0) is 9.97. The van der Waals surface area contributed by atoms with E-state index in [1.54, 1.807) is 0 Å². The predicted octanol–water partition coefficient (Wildman–Crippen LogP) is 2.79. The monoisotopic (exact) mass is 207 g/mol. The highest BCUT2D eigenvalue weighted by molar-refractivity contribution is 7.99. The van der Waals surface area contributed by atoms with Gasteiger partial charge < -0.3 is 4.90 Å². The highest BCUT2D eigenvalue weighted by atomic mass is 32.2. The van der Waals surface area contributed by atoms with Gasteiger partial charge in [-0.25, -0.2) is 0 Å². The van der Waals surface area contributed by atoms with E-state index in [1.807, 2.05) is 0 Å². The standard InChI is InChI=1S/C12H17NS/c1-10-12(14-9-8-13(10)2)11-6-4-3-5-7-11/h3-7,10,12H,8-9H2,1-2H3/t10-,12-/m1/s1. The Morgan fingerprint density at radius 1 is 1.29 bits per heavy atom. The summed E-state index contributed by atoms with van der Waals surface area (Å²) >= 11 is 2.09. The number of hydrogen-bond acceptors (Lipinski definition) is 2. The molecule has 0 amide bonds.